The quantitative estimate of drug-likeness (QED) is 0.310. The Bertz CT molecular complexity index is 1580. The lowest BCUT2D eigenvalue weighted by atomic mass is 9.96. The van der Waals surface area contributed by atoms with Crippen LogP contribution in [0.2, 0.25) is 0 Å². The van der Waals surface area contributed by atoms with Gasteiger partial charge in [0.05, 0.1) is 23.3 Å². The summed E-state index contributed by atoms with van der Waals surface area (Å²) >= 11 is 0. The van der Waals surface area contributed by atoms with E-state index >= 15 is 0 Å². The summed E-state index contributed by atoms with van der Waals surface area (Å²) in [5.74, 6) is 0.449. The highest BCUT2D eigenvalue weighted by Gasteiger charge is 2.32. The Morgan fingerprint density at radius 2 is 1.73 bits per heavy atom. The molecule has 2 aromatic carbocycles. The molecule has 0 saturated carbocycles. The molecule has 0 unspecified atom stereocenters. The van der Waals surface area contributed by atoms with Crippen molar-refractivity contribution in [2.24, 2.45) is 0 Å². The number of anilines is 1. The van der Waals surface area contributed by atoms with E-state index in [4.69, 9.17) is 8.94 Å². The first-order valence-corrected chi connectivity index (χ1v) is 14.1. The first kappa shape index (κ1) is 27.9. The molecule has 0 spiro atoms. The number of nitrogens with one attached hydrogen (secondary N) is 1. The fourth-order valence-electron chi connectivity index (χ4n) is 4.70. The number of hydrogen-bond acceptors (Lipinski definition) is 8. The van der Waals surface area contributed by atoms with Gasteiger partial charge in [-0.25, -0.2) is 18.1 Å². The molecule has 9 nitrogen and oxygen atoms in total. The maximum Gasteiger partial charge on any atom is 0.401 e. The Morgan fingerprint density at radius 1 is 1.00 bits per heavy atom. The number of hydrogen-bond donors (Lipinski definition) is 1. The monoisotopic (exact) mass is 575 g/mol. The fourth-order valence-corrected chi connectivity index (χ4v) is 5.97. The van der Waals surface area contributed by atoms with E-state index in [1.54, 1.807) is 38.1 Å². The minimum absolute atomic E-state index is 0.0449. The number of piperazine rings is 1. The highest BCUT2D eigenvalue weighted by atomic mass is 32.2. The van der Waals surface area contributed by atoms with Gasteiger partial charge in [0.2, 0.25) is 11.8 Å². The molecule has 0 aliphatic carbocycles. The second-order valence-corrected chi connectivity index (χ2v) is 11.4. The molecule has 3 heterocycles. The van der Waals surface area contributed by atoms with E-state index in [9.17, 15) is 21.6 Å². The Labute approximate surface area is 229 Å². The van der Waals surface area contributed by atoms with Gasteiger partial charge in [0.15, 0.2) is 0 Å². The van der Waals surface area contributed by atoms with Crippen LogP contribution in [0.1, 0.15) is 16.8 Å². The highest BCUT2D eigenvalue weighted by molar-refractivity contribution is 7.92. The number of sulfonamides is 1. The molecular weight excluding hydrogens is 547 g/mol. The number of aromatic nitrogens is 2. The number of oxazole rings is 1. The Hall–Kier alpha value is -3.68. The minimum Gasteiger partial charge on any atom is -0.445 e. The molecule has 1 saturated heterocycles. The molecule has 1 aliphatic heterocycles. The summed E-state index contributed by atoms with van der Waals surface area (Å²) in [7, 11) is -4.07. The molecule has 1 N–H and O–H groups in total. The van der Waals surface area contributed by atoms with Crippen LogP contribution in [0.3, 0.4) is 0 Å². The number of halogens is 3. The van der Waals surface area contributed by atoms with Crippen LogP contribution < -0.4 is 4.72 Å². The molecule has 212 valence electrons. The highest BCUT2D eigenvalue weighted by Crippen LogP contribution is 2.35. The van der Waals surface area contributed by atoms with Gasteiger partial charge in [-0.1, -0.05) is 29.4 Å². The van der Waals surface area contributed by atoms with Crippen LogP contribution >= 0.6 is 0 Å². The maximum absolute atomic E-state index is 13.5. The van der Waals surface area contributed by atoms with Crippen molar-refractivity contribution in [3.05, 3.63) is 71.7 Å². The molecule has 0 amide bonds. The summed E-state index contributed by atoms with van der Waals surface area (Å²) in [6, 6.07) is 12.1. The predicted molar refractivity (Wildman–Crippen MR) is 142 cm³/mol. The molecule has 5 rings (SSSR count). The van der Waals surface area contributed by atoms with E-state index in [1.807, 2.05) is 12.1 Å². The van der Waals surface area contributed by atoms with E-state index in [0.717, 1.165) is 5.56 Å². The molecule has 2 aromatic heterocycles. The van der Waals surface area contributed by atoms with Gasteiger partial charge in [-0.3, -0.25) is 9.80 Å². The van der Waals surface area contributed by atoms with Crippen molar-refractivity contribution in [3.63, 3.8) is 0 Å². The van der Waals surface area contributed by atoms with Crippen LogP contribution in [0.4, 0.5) is 19.1 Å². The Morgan fingerprint density at radius 3 is 2.38 bits per heavy atom. The zero-order valence-electron chi connectivity index (χ0n) is 21.9. The van der Waals surface area contributed by atoms with Crippen molar-refractivity contribution in [2.45, 2.75) is 31.5 Å². The SMILES string of the molecule is Cc1noc(NS(=O)(=O)c2ccccc2-c2ccc(-c3ncco3)cc2CN2CCN(CC(F)(F)F)CC2)c1C. The number of aryl methyl sites for hydroxylation is 1. The molecule has 0 atom stereocenters. The zero-order chi connectivity index (χ0) is 28.5. The molecule has 0 radical (unpaired) electrons. The lowest BCUT2D eigenvalue weighted by molar-refractivity contribution is -0.149. The second kappa shape index (κ2) is 11.1. The number of nitrogens with zero attached hydrogens (tertiary/aromatic N) is 4. The Kier molecular flexibility index (Phi) is 7.71. The number of alkyl halides is 3. The largest absolute Gasteiger partial charge is 0.445 e. The summed E-state index contributed by atoms with van der Waals surface area (Å²) in [6.07, 6.45) is -1.25. The maximum atomic E-state index is 13.5. The van der Waals surface area contributed by atoms with Crippen LogP contribution in [-0.4, -0.2) is 67.3 Å². The summed E-state index contributed by atoms with van der Waals surface area (Å²) in [4.78, 5) is 7.71. The van der Waals surface area contributed by atoms with Gasteiger partial charge in [0.25, 0.3) is 10.0 Å². The van der Waals surface area contributed by atoms with Gasteiger partial charge in [-0.2, -0.15) is 13.2 Å². The van der Waals surface area contributed by atoms with E-state index in [1.165, 1.54) is 23.4 Å². The predicted octanol–water partition coefficient (Wildman–Crippen LogP) is 5.09. The fraction of sp³-hybridized carbons (Fsp3) is 0.333. The van der Waals surface area contributed by atoms with Crippen LogP contribution in [-0.2, 0) is 16.6 Å². The van der Waals surface area contributed by atoms with Crippen molar-refractivity contribution in [2.75, 3.05) is 37.4 Å². The lowest BCUT2D eigenvalue weighted by Gasteiger charge is -2.35. The molecule has 1 aliphatic rings. The topological polar surface area (TPSA) is 105 Å². The lowest BCUT2D eigenvalue weighted by Crippen LogP contribution is -2.48. The van der Waals surface area contributed by atoms with Gasteiger partial charge in [-0.15, -0.1) is 0 Å². The zero-order valence-corrected chi connectivity index (χ0v) is 22.7. The average Bonchev–Trinajstić information content (AvgIpc) is 3.56. The van der Waals surface area contributed by atoms with Gasteiger partial charge < -0.3 is 8.94 Å². The molecule has 1 fully saturated rings. The summed E-state index contributed by atoms with van der Waals surface area (Å²) in [6.45, 7) is 4.31. The standard InChI is InChI=1S/C27H28F3N5O4S/c1-18-19(2)32-39-25(18)33-40(36,37)24-6-4-3-5-23(24)22-8-7-20(26-31-9-14-38-26)15-21(22)16-34-10-12-35(13-11-34)17-27(28,29)30/h3-9,14-15,33H,10-13,16-17H2,1-2H3. The van der Waals surface area contributed by atoms with E-state index in [0.29, 0.717) is 53.5 Å². The molecule has 4 aromatic rings. The van der Waals surface area contributed by atoms with Crippen molar-refractivity contribution in [3.8, 4) is 22.6 Å². The first-order chi connectivity index (χ1) is 19.0. The van der Waals surface area contributed by atoms with Crippen LogP contribution in [0.5, 0.6) is 0 Å². The number of rotatable bonds is 8. The van der Waals surface area contributed by atoms with Crippen LogP contribution in [0, 0.1) is 13.8 Å². The van der Waals surface area contributed by atoms with Gasteiger partial charge in [0, 0.05) is 49.4 Å². The van der Waals surface area contributed by atoms with Crippen molar-refractivity contribution >= 4 is 15.9 Å². The first-order valence-electron chi connectivity index (χ1n) is 12.6. The third-order valence-corrected chi connectivity index (χ3v) is 8.29. The molecule has 0 bridgehead atoms. The Balaban J connectivity index is 1.49. The van der Waals surface area contributed by atoms with E-state index in [-0.39, 0.29) is 23.9 Å². The van der Waals surface area contributed by atoms with Gasteiger partial charge in [-0.05, 0) is 43.2 Å². The second-order valence-electron chi connectivity index (χ2n) is 9.70. The number of benzene rings is 2. The van der Waals surface area contributed by atoms with Crippen LogP contribution in [0.25, 0.3) is 22.6 Å². The average molecular weight is 576 g/mol. The molecular formula is C27H28F3N5O4S. The van der Waals surface area contributed by atoms with Crippen molar-refractivity contribution in [1.82, 2.24) is 19.9 Å². The normalized spacial score (nSPS) is 15.4. The smallest absolute Gasteiger partial charge is 0.401 e. The summed E-state index contributed by atoms with van der Waals surface area (Å²) < 4.78 is 78.8. The summed E-state index contributed by atoms with van der Waals surface area (Å²) in [5.41, 5.74) is 3.78. The van der Waals surface area contributed by atoms with Crippen molar-refractivity contribution in [1.29, 1.82) is 0 Å². The third kappa shape index (κ3) is 6.21. The minimum atomic E-state index is -4.24. The molecule has 40 heavy (non-hydrogen) atoms. The summed E-state index contributed by atoms with van der Waals surface area (Å²) in [5, 5.41) is 3.82. The van der Waals surface area contributed by atoms with E-state index in [2.05, 4.69) is 19.8 Å². The van der Waals surface area contributed by atoms with E-state index < -0.39 is 22.7 Å². The van der Waals surface area contributed by atoms with Crippen LogP contribution in [0.15, 0.2) is 68.8 Å². The molecule has 13 heteroatoms. The van der Waals surface area contributed by atoms with Crippen molar-refractivity contribution < 1.29 is 30.5 Å². The van der Waals surface area contributed by atoms with Gasteiger partial charge in [0.1, 0.15) is 6.26 Å². The van der Waals surface area contributed by atoms with Gasteiger partial charge >= 0.3 is 6.18 Å². The third-order valence-electron chi connectivity index (χ3n) is 6.90.